The zero-order valence-electron chi connectivity index (χ0n) is 9.72. The first-order chi connectivity index (χ1) is 7.95. The first-order valence-electron chi connectivity index (χ1n) is 5.53. The van der Waals surface area contributed by atoms with Gasteiger partial charge in [0.2, 0.25) is 0 Å². The van der Waals surface area contributed by atoms with Crippen LogP contribution < -0.4 is 4.74 Å². The number of aliphatic hydroxyl groups is 1. The fraction of sp³-hybridized carbons (Fsp3) is 0.500. The molecule has 17 heavy (non-hydrogen) atoms. The highest BCUT2D eigenvalue weighted by atomic mass is 32.2. The molecule has 5 heteroatoms. The second-order valence-electron chi connectivity index (χ2n) is 4.46. The van der Waals surface area contributed by atoms with Gasteiger partial charge in [-0.15, -0.1) is 0 Å². The van der Waals surface area contributed by atoms with Gasteiger partial charge in [0, 0.05) is 0 Å². The van der Waals surface area contributed by atoms with Crippen LogP contribution in [0.4, 0.5) is 0 Å². The van der Waals surface area contributed by atoms with Crippen molar-refractivity contribution in [2.45, 2.75) is 18.4 Å². The van der Waals surface area contributed by atoms with Crippen LogP contribution in [0.15, 0.2) is 24.3 Å². The van der Waals surface area contributed by atoms with Crippen molar-refractivity contribution < 1.29 is 18.3 Å². The van der Waals surface area contributed by atoms with Crippen molar-refractivity contribution in [2.24, 2.45) is 0 Å². The lowest BCUT2D eigenvalue weighted by Crippen LogP contribution is -2.39. The molecule has 0 radical (unpaired) electrons. The summed E-state index contributed by atoms with van der Waals surface area (Å²) in [5, 5.41) is 10.4. The van der Waals surface area contributed by atoms with E-state index in [2.05, 4.69) is 0 Å². The van der Waals surface area contributed by atoms with Gasteiger partial charge in [0.1, 0.15) is 11.4 Å². The highest BCUT2D eigenvalue weighted by Gasteiger charge is 2.38. The topological polar surface area (TPSA) is 63.6 Å². The molecule has 4 nitrogen and oxygen atoms in total. The van der Waals surface area contributed by atoms with Gasteiger partial charge < -0.3 is 9.84 Å². The van der Waals surface area contributed by atoms with E-state index in [1.807, 2.05) is 0 Å². The lowest BCUT2D eigenvalue weighted by Gasteiger charge is -2.32. The van der Waals surface area contributed by atoms with E-state index in [4.69, 9.17) is 4.74 Å². The molecule has 1 saturated heterocycles. The molecular formula is C12H16O4S. The third kappa shape index (κ3) is 2.61. The molecule has 1 aliphatic rings. The summed E-state index contributed by atoms with van der Waals surface area (Å²) in [6.07, 6.45) is 0.990. The number of benzene rings is 1. The van der Waals surface area contributed by atoms with Gasteiger partial charge in [-0.3, -0.25) is 0 Å². The molecule has 1 aliphatic heterocycles. The Kier molecular flexibility index (Phi) is 3.14. The van der Waals surface area contributed by atoms with E-state index in [1.54, 1.807) is 31.4 Å². The fourth-order valence-electron chi connectivity index (χ4n) is 2.22. The monoisotopic (exact) mass is 256 g/mol. The van der Waals surface area contributed by atoms with Crippen molar-refractivity contribution >= 4 is 9.84 Å². The van der Waals surface area contributed by atoms with Gasteiger partial charge in [0.05, 0.1) is 18.6 Å². The summed E-state index contributed by atoms with van der Waals surface area (Å²) in [6.45, 7) is 0. The number of methoxy groups -OCH3 is 1. The van der Waals surface area contributed by atoms with Crippen LogP contribution in [-0.4, -0.2) is 32.1 Å². The van der Waals surface area contributed by atoms with Gasteiger partial charge in [-0.1, -0.05) is 12.1 Å². The SMILES string of the molecule is COc1ccc(C2(O)CCCS(=O)(=O)C2)cc1. The van der Waals surface area contributed by atoms with E-state index < -0.39 is 15.4 Å². The zero-order valence-corrected chi connectivity index (χ0v) is 10.5. The normalized spacial score (nSPS) is 27.6. The van der Waals surface area contributed by atoms with E-state index >= 15 is 0 Å². The highest BCUT2D eigenvalue weighted by Crippen LogP contribution is 2.33. The maximum atomic E-state index is 11.6. The van der Waals surface area contributed by atoms with Crippen LogP contribution >= 0.6 is 0 Å². The predicted molar refractivity (Wildman–Crippen MR) is 64.8 cm³/mol. The molecule has 0 aromatic heterocycles. The molecule has 1 aromatic carbocycles. The Morgan fingerprint density at radius 2 is 1.94 bits per heavy atom. The molecule has 0 saturated carbocycles. The van der Waals surface area contributed by atoms with Crippen LogP contribution in [-0.2, 0) is 15.4 Å². The molecule has 1 unspecified atom stereocenters. The van der Waals surface area contributed by atoms with Crippen molar-refractivity contribution in [1.29, 1.82) is 0 Å². The zero-order chi connectivity index (χ0) is 12.5. The van der Waals surface area contributed by atoms with Crippen molar-refractivity contribution in [3.05, 3.63) is 29.8 Å². The number of hydrogen-bond acceptors (Lipinski definition) is 4. The smallest absolute Gasteiger partial charge is 0.153 e. The Hall–Kier alpha value is -1.07. The van der Waals surface area contributed by atoms with E-state index in [-0.39, 0.29) is 11.5 Å². The van der Waals surface area contributed by atoms with Crippen molar-refractivity contribution in [2.75, 3.05) is 18.6 Å². The average Bonchev–Trinajstić information content (AvgIpc) is 2.27. The lowest BCUT2D eigenvalue weighted by atomic mass is 9.91. The molecular weight excluding hydrogens is 240 g/mol. The van der Waals surface area contributed by atoms with Crippen LogP contribution in [0, 0.1) is 0 Å². The van der Waals surface area contributed by atoms with Crippen molar-refractivity contribution in [3.8, 4) is 5.75 Å². The average molecular weight is 256 g/mol. The maximum Gasteiger partial charge on any atom is 0.153 e. The first-order valence-corrected chi connectivity index (χ1v) is 7.35. The second-order valence-corrected chi connectivity index (χ2v) is 6.64. The minimum absolute atomic E-state index is 0.172. The number of ether oxygens (including phenoxy) is 1. The third-order valence-corrected chi connectivity index (χ3v) is 4.96. The summed E-state index contributed by atoms with van der Waals surface area (Å²) in [6, 6.07) is 6.91. The summed E-state index contributed by atoms with van der Waals surface area (Å²) in [7, 11) is -1.57. The molecule has 94 valence electrons. The second kappa shape index (κ2) is 4.31. The van der Waals surface area contributed by atoms with Gasteiger partial charge in [-0.25, -0.2) is 8.42 Å². The first kappa shape index (κ1) is 12.4. The molecule has 1 fully saturated rings. The summed E-state index contributed by atoms with van der Waals surface area (Å²) < 4.78 is 28.2. The van der Waals surface area contributed by atoms with Crippen LogP contribution in [0.25, 0.3) is 0 Å². The minimum Gasteiger partial charge on any atom is -0.497 e. The van der Waals surface area contributed by atoms with Crippen LogP contribution in [0.1, 0.15) is 18.4 Å². The Bertz CT molecular complexity index is 492. The summed E-state index contributed by atoms with van der Waals surface area (Å²) >= 11 is 0. The Labute approximate surface area is 101 Å². The minimum atomic E-state index is -3.14. The van der Waals surface area contributed by atoms with E-state index in [1.165, 1.54) is 0 Å². The quantitative estimate of drug-likeness (QED) is 0.860. The molecule has 0 amide bonds. The van der Waals surface area contributed by atoms with E-state index in [0.717, 1.165) is 0 Å². The molecule has 0 bridgehead atoms. The highest BCUT2D eigenvalue weighted by molar-refractivity contribution is 7.91. The Morgan fingerprint density at radius 1 is 1.29 bits per heavy atom. The van der Waals surface area contributed by atoms with Gasteiger partial charge in [0.15, 0.2) is 9.84 Å². The maximum absolute atomic E-state index is 11.6. The van der Waals surface area contributed by atoms with Gasteiger partial charge in [-0.05, 0) is 30.5 Å². The molecule has 1 aromatic rings. The number of rotatable bonds is 2. The molecule has 1 atom stereocenters. The summed E-state index contributed by atoms with van der Waals surface area (Å²) in [5.41, 5.74) is -0.606. The molecule has 1 heterocycles. The number of hydrogen-bond donors (Lipinski definition) is 1. The molecule has 1 N–H and O–H groups in total. The predicted octanol–water partition coefficient (Wildman–Crippen LogP) is 1.09. The lowest BCUT2D eigenvalue weighted by molar-refractivity contribution is 0.0467. The van der Waals surface area contributed by atoms with Gasteiger partial charge >= 0.3 is 0 Å². The van der Waals surface area contributed by atoms with Crippen LogP contribution in [0.2, 0.25) is 0 Å². The van der Waals surface area contributed by atoms with Crippen LogP contribution in [0.5, 0.6) is 5.75 Å². The molecule has 0 spiro atoms. The molecule has 2 rings (SSSR count). The largest absolute Gasteiger partial charge is 0.497 e. The van der Waals surface area contributed by atoms with Gasteiger partial charge in [0.25, 0.3) is 0 Å². The summed E-state index contributed by atoms with van der Waals surface area (Å²) in [5.74, 6) is 0.675. The van der Waals surface area contributed by atoms with E-state index in [9.17, 15) is 13.5 Å². The third-order valence-electron chi connectivity index (χ3n) is 3.13. The van der Waals surface area contributed by atoms with Crippen molar-refractivity contribution in [1.82, 2.24) is 0 Å². The molecule has 0 aliphatic carbocycles. The number of sulfone groups is 1. The van der Waals surface area contributed by atoms with Crippen molar-refractivity contribution in [3.63, 3.8) is 0 Å². The standard InChI is InChI=1S/C12H16O4S/c1-16-11-5-3-10(4-6-11)12(13)7-2-8-17(14,15)9-12/h3-6,13H,2,7-9H2,1H3. The van der Waals surface area contributed by atoms with Crippen LogP contribution in [0.3, 0.4) is 0 Å². The Morgan fingerprint density at radius 3 is 2.47 bits per heavy atom. The Balaban J connectivity index is 2.30. The fourth-order valence-corrected chi connectivity index (χ4v) is 3.99. The summed E-state index contributed by atoms with van der Waals surface area (Å²) in [4.78, 5) is 0. The van der Waals surface area contributed by atoms with Gasteiger partial charge in [-0.2, -0.15) is 0 Å². The van der Waals surface area contributed by atoms with E-state index in [0.29, 0.717) is 24.2 Å².